The minimum Gasteiger partial charge on any atom is -0.340 e. The molecule has 1 rings (SSSR count). The van der Waals surface area contributed by atoms with E-state index < -0.39 is 0 Å². The van der Waals surface area contributed by atoms with Crippen molar-refractivity contribution in [2.24, 2.45) is 0 Å². The number of nitrogens with one attached hydrogen (secondary N) is 1. The fourth-order valence-electron chi connectivity index (χ4n) is 1.86. The molecule has 0 bridgehead atoms. The van der Waals surface area contributed by atoms with Gasteiger partial charge in [-0.1, -0.05) is 13.8 Å². The van der Waals surface area contributed by atoms with E-state index in [1.165, 1.54) is 0 Å². The molecule has 4 nitrogen and oxygen atoms in total. The van der Waals surface area contributed by atoms with Gasteiger partial charge in [0.25, 0.3) is 0 Å². The minimum absolute atomic E-state index is 0.505. The molecule has 1 atom stereocenters. The first kappa shape index (κ1) is 14.6. The topological polar surface area (TPSA) is 36.9 Å². The van der Waals surface area contributed by atoms with Crippen LogP contribution in [0, 0.1) is 4.77 Å². The van der Waals surface area contributed by atoms with Crippen molar-refractivity contribution in [2.45, 2.75) is 39.3 Å². The molecular formula is C11H22N4S2. The molecule has 0 aliphatic carbocycles. The summed E-state index contributed by atoms with van der Waals surface area (Å²) in [5.41, 5.74) is 0. The number of hydrogen-bond donors (Lipinski definition) is 1. The van der Waals surface area contributed by atoms with E-state index in [1.54, 1.807) is 0 Å². The standard InChI is InChI=1S/C11H22N4S2/c1-5-7-15-10(12-13-11(15)16)14(3)9(6-2)8-17-4/h9H,5-8H2,1-4H3,(H,13,16). The number of aromatic amines is 1. The molecule has 0 spiro atoms. The molecule has 1 N–H and O–H groups in total. The van der Waals surface area contributed by atoms with Crippen molar-refractivity contribution in [1.82, 2.24) is 14.8 Å². The lowest BCUT2D eigenvalue weighted by molar-refractivity contribution is 0.608. The molecule has 0 fully saturated rings. The summed E-state index contributed by atoms with van der Waals surface area (Å²) in [4.78, 5) is 2.23. The summed E-state index contributed by atoms with van der Waals surface area (Å²) >= 11 is 7.13. The van der Waals surface area contributed by atoms with E-state index in [1.807, 2.05) is 11.8 Å². The van der Waals surface area contributed by atoms with Gasteiger partial charge in [0, 0.05) is 25.4 Å². The Hall–Kier alpha value is -0.490. The first-order valence-corrected chi connectivity index (χ1v) is 7.82. The van der Waals surface area contributed by atoms with Crippen molar-refractivity contribution in [3.05, 3.63) is 4.77 Å². The molecule has 0 aromatic carbocycles. The number of rotatable bonds is 7. The predicted octanol–water partition coefficient (Wildman–Crippen LogP) is 2.93. The monoisotopic (exact) mass is 274 g/mol. The smallest absolute Gasteiger partial charge is 0.225 e. The second kappa shape index (κ2) is 7.06. The Morgan fingerprint density at radius 2 is 2.24 bits per heavy atom. The highest BCUT2D eigenvalue weighted by atomic mass is 32.2. The van der Waals surface area contributed by atoms with Crippen molar-refractivity contribution < 1.29 is 0 Å². The van der Waals surface area contributed by atoms with E-state index in [0.717, 1.165) is 31.1 Å². The van der Waals surface area contributed by atoms with Crippen LogP contribution in [0.2, 0.25) is 0 Å². The van der Waals surface area contributed by atoms with Crippen LogP contribution in [-0.2, 0) is 6.54 Å². The van der Waals surface area contributed by atoms with E-state index in [4.69, 9.17) is 12.2 Å². The molecule has 0 radical (unpaired) electrons. The summed E-state index contributed by atoms with van der Waals surface area (Å²) in [6, 6.07) is 0.505. The molecule has 0 saturated carbocycles. The van der Waals surface area contributed by atoms with Crippen molar-refractivity contribution >= 4 is 29.9 Å². The third kappa shape index (κ3) is 3.48. The Bertz CT molecular complexity index is 385. The Kier molecular flexibility index (Phi) is 6.05. The van der Waals surface area contributed by atoms with Gasteiger partial charge in [0.2, 0.25) is 5.95 Å². The van der Waals surface area contributed by atoms with Crippen molar-refractivity contribution in [3.8, 4) is 0 Å². The molecule has 1 aromatic heterocycles. The largest absolute Gasteiger partial charge is 0.340 e. The predicted molar refractivity (Wildman–Crippen MR) is 78.6 cm³/mol. The van der Waals surface area contributed by atoms with Crippen molar-refractivity contribution in [1.29, 1.82) is 0 Å². The maximum Gasteiger partial charge on any atom is 0.225 e. The van der Waals surface area contributed by atoms with Crippen molar-refractivity contribution in [2.75, 3.05) is 24.0 Å². The van der Waals surface area contributed by atoms with Crippen LogP contribution in [0.25, 0.3) is 0 Å². The van der Waals surface area contributed by atoms with Crippen LogP contribution < -0.4 is 4.90 Å². The SMILES string of the molecule is CCCn1c(N(C)C(CC)CSC)n[nH]c1=S. The van der Waals surface area contributed by atoms with E-state index in [0.29, 0.717) is 10.8 Å². The Morgan fingerprint density at radius 1 is 1.53 bits per heavy atom. The summed E-state index contributed by atoms with van der Waals surface area (Å²) in [7, 11) is 2.10. The molecule has 0 saturated heterocycles. The zero-order chi connectivity index (χ0) is 12.8. The van der Waals surface area contributed by atoms with Gasteiger partial charge in [-0.3, -0.25) is 4.57 Å². The summed E-state index contributed by atoms with van der Waals surface area (Å²) < 4.78 is 2.80. The molecular weight excluding hydrogens is 252 g/mol. The van der Waals surface area contributed by atoms with Gasteiger partial charge in [-0.2, -0.15) is 11.8 Å². The first-order chi connectivity index (χ1) is 8.15. The number of hydrogen-bond acceptors (Lipinski definition) is 4. The highest BCUT2D eigenvalue weighted by molar-refractivity contribution is 7.98. The number of H-pyrrole nitrogens is 1. The molecule has 0 amide bonds. The van der Waals surface area contributed by atoms with Crippen LogP contribution in [0.5, 0.6) is 0 Å². The molecule has 0 aliphatic rings. The molecule has 0 aliphatic heterocycles. The van der Waals surface area contributed by atoms with Crippen LogP contribution in [-0.4, -0.2) is 39.9 Å². The lowest BCUT2D eigenvalue weighted by Gasteiger charge is -2.27. The fourth-order valence-corrected chi connectivity index (χ4v) is 2.93. The molecule has 1 heterocycles. The van der Waals surface area contributed by atoms with Gasteiger partial charge in [0.1, 0.15) is 0 Å². The van der Waals surface area contributed by atoms with Crippen molar-refractivity contribution in [3.63, 3.8) is 0 Å². The molecule has 1 unspecified atom stereocenters. The summed E-state index contributed by atoms with van der Waals surface area (Å²) in [6.07, 6.45) is 4.32. The second-order valence-corrected chi connectivity index (χ2v) is 5.41. The van der Waals surface area contributed by atoms with Crippen LogP contribution >= 0.6 is 24.0 Å². The highest BCUT2D eigenvalue weighted by Gasteiger charge is 2.17. The lowest BCUT2D eigenvalue weighted by Crippen LogP contribution is -2.35. The maximum absolute atomic E-state index is 5.26. The van der Waals surface area contributed by atoms with Gasteiger partial charge < -0.3 is 4.90 Å². The first-order valence-electron chi connectivity index (χ1n) is 6.02. The second-order valence-electron chi connectivity index (χ2n) is 4.11. The Balaban J connectivity index is 2.93. The highest BCUT2D eigenvalue weighted by Crippen LogP contribution is 2.17. The normalized spacial score (nSPS) is 12.7. The summed E-state index contributed by atoms with van der Waals surface area (Å²) in [6.45, 7) is 5.28. The zero-order valence-electron chi connectivity index (χ0n) is 11.1. The number of nitrogens with zero attached hydrogens (tertiary/aromatic N) is 3. The van der Waals surface area contributed by atoms with E-state index in [9.17, 15) is 0 Å². The van der Waals surface area contributed by atoms with Gasteiger partial charge in [-0.25, -0.2) is 5.10 Å². The van der Waals surface area contributed by atoms with Crippen LogP contribution in [0.4, 0.5) is 5.95 Å². The van der Waals surface area contributed by atoms with Gasteiger partial charge >= 0.3 is 0 Å². The number of anilines is 1. The third-order valence-electron chi connectivity index (χ3n) is 2.88. The molecule has 1 aromatic rings. The average Bonchev–Trinajstić information content (AvgIpc) is 2.68. The van der Waals surface area contributed by atoms with Gasteiger partial charge in [-0.15, -0.1) is 5.10 Å². The maximum atomic E-state index is 5.26. The zero-order valence-corrected chi connectivity index (χ0v) is 12.7. The minimum atomic E-state index is 0.505. The molecule has 6 heteroatoms. The number of thioether (sulfide) groups is 1. The molecule has 17 heavy (non-hydrogen) atoms. The Morgan fingerprint density at radius 3 is 2.76 bits per heavy atom. The van der Waals surface area contributed by atoms with E-state index in [2.05, 4.69) is 46.8 Å². The van der Waals surface area contributed by atoms with Gasteiger partial charge in [-0.05, 0) is 31.3 Å². The number of aromatic nitrogens is 3. The van der Waals surface area contributed by atoms with Crippen LogP contribution in [0.3, 0.4) is 0 Å². The summed E-state index contributed by atoms with van der Waals surface area (Å²) in [5.74, 6) is 2.07. The van der Waals surface area contributed by atoms with Gasteiger partial charge in [0.15, 0.2) is 4.77 Å². The quantitative estimate of drug-likeness (QED) is 0.776. The van der Waals surface area contributed by atoms with E-state index >= 15 is 0 Å². The average molecular weight is 274 g/mol. The van der Waals surface area contributed by atoms with Crippen LogP contribution in [0.1, 0.15) is 26.7 Å². The Labute approximate surface area is 113 Å². The lowest BCUT2D eigenvalue weighted by atomic mass is 10.2. The fraction of sp³-hybridized carbons (Fsp3) is 0.818. The van der Waals surface area contributed by atoms with Crippen LogP contribution in [0.15, 0.2) is 0 Å². The molecule has 98 valence electrons. The van der Waals surface area contributed by atoms with Gasteiger partial charge in [0.05, 0.1) is 0 Å². The third-order valence-corrected chi connectivity index (χ3v) is 3.91. The summed E-state index contributed by atoms with van der Waals surface area (Å²) in [5, 5.41) is 7.24. The van der Waals surface area contributed by atoms with E-state index in [-0.39, 0.29) is 0 Å².